The van der Waals surface area contributed by atoms with Crippen molar-refractivity contribution in [3.8, 4) is 0 Å². The van der Waals surface area contributed by atoms with Crippen molar-refractivity contribution in [1.82, 2.24) is 19.8 Å². The number of nitrogens with zero attached hydrogens (tertiary/aromatic N) is 5. The molecule has 0 aliphatic carbocycles. The zero-order valence-electron chi connectivity index (χ0n) is 15.6. The Kier molecular flexibility index (Phi) is 6.06. The number of hydrogen-bond donors (Lipinski definition) is 0. The summed E-state index contributed by atoms with van der Waals surface area (Å²) in [4.78, 5) is 16.8. The van der Waals surface area contributed by atoms with Crippen LogP contribution in [0.1, 0.15) is 45.1 Å². The van der Waals surface area contributed by atoms with E-state index in [2.05, 4.69) is 48.0 Å². The van der Waals surface area contributed by atoms with Gasteiger partial charge in [-0.05, 0) is 64.3 Å². The van der Waals surface area contributed by atoms with E-state index in [0.717, 1.165) is 25.5 Å². The fourth-order valence-electron chi connectivity index (χ4n) is 4.05. The van der Waals surface area contributed by atoms with Gasteiger partial charge in [-0.3, -0.25) is 4.90 Å². The Balaban J connectivity index is 1.52. The van der Waals surface area contributed by atoms with Crippen molar-refractivity contribution in [3.05, 3.63) is 18.0 Å². The highest BCUT2D eigenvalue weighted by Gasteiger charge is 2.40. The third-order valence-electron chi connectivity index (χ3n) is 5.72. The van der Waals surface area contributed by atoms with E-state index in [4.69, 9.17) is 9.97 Å². The van der Waals surface area contributed by atoms with E-state index in [1.807, 2.05) is 0 Å². The van der Waals surface area contributed by atoms with Crippen LogP contribution in [-0.4, -0.2) is 71.6 Å². The molecule has 24 heavy (non-hydrogen) atoms. The smallest absolute Gasteiger partial charge is 0.225 e. The number of likely N-dealkylation sites (tertiary alicyclic amines) is 1. The highest BCUT2D eigenvalue weighted by molar-refractivity contribution is 5.37. The number of fused-ring (bicyclic) bond motifs is 2. The van der Waals surface area contributed by atoms with E-state index < -0.39 is 0 Å². The number of hydrogen-bond acceptors (Lipinski definition) is 5. The first-order chi connectivity index (χ1) is 11.7. The lowest BCUT2D eigenvalue weighted by atomic mass is 10.1. The normalized spacial score (nSPS) is 24.1. The fraction of sp³-hybridized carbons (Fsp3) is 0.789. The lowest BCUT2D eigenvalue weighted by Gasteiger charge is -2.40. The van der Waals surface area contributed by atoms with Crippen molar-refractivity contribution in [3.63, 3.8) is 0 Å². The van der Waals surface area contributed by atoms with Crippen LogP contribution >= 0.6 is 0 Å². The molecule has 3 heterocycles. The highest BCUT2D eigenvalue weighted by atomic mass is 15.4. The van der Waals surface area contributed by atoms with Crippen LogP contribution in [-0.2, 0) is 6.42 Å². The summed E-state index contributed by atoms with van der Waals surface area (Å²) in [5.74, 6) is 0.952. The fourth-order valence-corrected chi connectivity index (χ4v) is 4.05. The summed E-state index contributed by atoms with van der Waals surface area (Å²) in [6.07, 6.45) is 10.2. The summed E-state index contributed by atoms with van der Waals surface area (Å²) in [5.41, 5.74) is 1.28. The number of piperazine rings is 1. The maximum Gasteiger partial charge on any atom is 0.225 e. The molecule has 2 fully saturated rings. The first-order valence-corrected chi connectivity index (χ1v) is 9.71. The lowest BCUT2D eigenvalue weighted by molar-refractivity contribution is 0.228. The SMILES string of the molecule is CCN(C)CCCCc1cnc(N2C3CCC2CN(CC)C3)nc1. The zero-order chi connectivity index (χ0) is 16.9. The predicted molar refractivity (Wildman–Crippen MR) is 99.5 cm³/mol. The summed E-state index contributed by atoms with van der Waals surface area (Å²) < 4.78 is 0. The molecule has 3 rings (SSSR count). The Morgan fingerprint density at radius 3 is 2.33 bits per heavy atom. The molecule has 5 nitrogen and oxygen atoms in total. The van der Waals surface area contributed by atoms with Crippen LogP contribution in [0.4, 0.5) is 5.95 Å². The van der Waals surface area contributed by atoms with E-state index in [0.29, 0.717) is 12.1 Å². The van der Waals surface area contributed by atoms with Crippen LogP contribution in [0.5, 0.6) is 0 Å². The molecule has 2 aliphatic rings. The van der Waals surface area contributed by atoms with Crippen molar-refractivity contribution in [1.29, 1.82) is 0 Å². The molecule has 0 radical (unpaired) electrons. The molecule has 0 N–H and O–H groups in total. The summed E-state index contributed by atoms with van der Waals surface area (Å²) in [6.45, 7) is 10.3. The van der Waals surface area contributed by atoms with E-state index in [-0.39, 0.29) is 0 Å². The minimum Gasteiger partial charge on any atom is -0.332 e. The van der Waals surface area contributed by atoms with Crippen LogP contribution in [0, 0.1) is 0 Å². The zero-order valence-corrected chi connectivity index (χ0v) is 15.6. The number of anilines is 1. The molecular formula is C19H33N5. The highest BCUT2D eigenvalue weighted by Crippen LogP contribution is 2.32. The van der Waals surface area contributed by atoms with Gasteiger partial charge in [0.25, 0.3) is 0 Å². The third-order valence-corrected chi connectivity index (χ3v) is 5.72. The quantitative estimate of drug-likeness (QED) is 0.684. The number of aryl methyl sites for hydroxylation is 1. The Hall–Kier alpha value is -1.20. The Labute approximate surface area is 147 Å². The summed E-state index contributed by atoms with van der Waals surface area (Å²) in [7, 11) is 2.19. The monoisotopic (exact) mass is 331 g/mol. The van der Waals surface area contributed by atoms with Crippen molar-refractivity contribution in [2.75, 3.05) is 44.7 Å². The van der Waals surface area contributed by atoms with Gasteiger partial charge in [-0.15, -0.1) is 0 Å². The van der Waals surface area contributed by atoms with Crippen LogP contribution in [0.2, 0.25) is 0 Å². The van der Waals surface area contributed by atoms with E-state index >= 15 is 0 Å². The molecule has 0 spiro atoms. The number of aromatic nitrogens is 2. The van der Waals surface area contributed by atoms with Crippen LogP contribution in [0.25, 0.3) is 0 Å². The Morgan fingerprint density at radius 2 is 1.75 bits per heavy atom. The van der Waals surface area contributed by atoms with Crippen molar-refractivity contribution in [2.24, 2.45) is 0 Å². The molecule has 2 atom stereocenters. The summed E-state index contributed by atoms with van der Waals surface area (Å²) in [5, 5.41) is 0. The maximum absolute atomic E-state index is 4.71. The van der Waals surface area contributed by atoms with Gasteiger partial charge in [-0.2, -0.15) is 0 Å². The predicted octanol–water partition coefficient (Wildman–Crippen LogP) is 2.42. The Bertz CT molecular complexity index is 489. The molecular weight excluding hydrogens is 298 g/mol. The molecule has 2 unspecified atom stereocenters. The molecule has 0 aromatic carbocycles. The number of unbranched alkanes of at least 4 members (excludes halogenated alkanes) is 1. The van der Waals surface area contributed by atoms with Crippen LogP contribution in [0.15, 0.2) is 12.4 Å². The van der Waals surface area contributed by atoms with Crippen LogP contribution in [0.3, 0.4) is 0 Å². The lowest BCUT2D eigenvalue weighted by Crippen LogP contribution is -2.54. The standard InChI is InChI=1S/C19H33N5/c1-4-22(3)11-7-6-8-16-12-20-19(21-13-16)24-17-9-10-18(24)15-23(5-2)14-17/h12-13,17-18H,4-11,14-15H2,1-3H3. The Morgan fingerprint density at radius 1 is 1.08 bits per heavy atom. The van der Waals surface area contributed by atoms with Gasteiger partial charge >= 0.3 is 0 Å². The first kappa shape index (κ1) is 17.6. The van der Waals surface area contributed by atoms with E-state index in [1.54, 1.807) is 0 Å². The minimum atomic E-state index is 0.610. The third kappa shape index (κ3) is 4.06. The molecule has 0 amide bonds. The second-order valence-electron chi connectivity index (χ2n) is 7.39. The molecule has 2 aliphatic heterocycles. The molecule has 5 heteroatoms. The van der Waals surface area contributed by atoms with Gasteiger partial charge in [0.2, 0.25) is 5.95 Å². The number of likely N-dealkylation sites (N-methyl/N-ethyl adjacent to an activating group) is 1. The molecule has 1 aromatic heterocycles. The average molecular weight is 332 g/mol. The van der Waals surface area contributed by atoms with Crippen molar-refractivity contribution >= 4 is 5.95 Å². The average Bonchev–Trinajstić information content (AvgIpc) is 2.88. The van der Waals surface area contributed by atoms with Gasteiger partial charge in [0, 0.05) is 37.6 Å². The summed E-state index contributed by atoms with van der Waals surface area (Å²) in [6, 6.07) is 1.22. The molecule has 2 bridgehead atoms. The molecule has 1 aromatic rings. The second-order valence-corrected chi connectivity index (χ2v) is 7.39. The minimum absolute atomic E-state index is 0.610. The van der Waals surface area contributed by atoms with Gasteiger partial charge in [0.15, 0.2) is 0 Å². The van der Waals surface area contributed by atoms with Gasteiger partial charge in [-0.25, -0.2) is 9.97 Å². The van der Waals surface area contributed by atoms with Crippen LogP contribution < -0.4 is 4.90 Å². The second kappa shape index (κ2) is 8.26. The van der Waals surface area contributed by atoms with Crippen molar-refractivity contribution in [2.45, 2.75) is 58.0 Å². The van der Waals surface area contributed by atoms with Crippen molar-refractivity contribution < 1.29 is 0 Å². The summed E-state index contributed by atoms with van der Waals surface area (Å²) >= 11 is 0. The van der Waals surface area contributed by atoms with Gasteiger partial charge in [-0.1, -0.05) is 13.8 Å². The maximum atomic E-state index is 4.71. The largest absolute Gasteiger partial charge is 0.332 e. The van der Waals surface area contributed by atoms with Gasteiger partial charge in [0.05, 0.1) is 0 Å². The number of rotatable bonds is 8. The molecule has 134 valence electrons. The van der Waals surface area contributed by atoms with Gasteiger partial charge < -0.3 is 9.80 Å². The molecule has 2 saturated heterocycles. The van der Waals surface area contributed by atoms with E-state index in [1.165, 1.54) is 50.9 Å². The van der Waals surface area contributed by atoms with Gasteiger partial charge in [0.1, 0.15) is 0 Å². The topological polar surface area (TPSA) is 35.5 Å². The van der Waals surface area contributed by atoms with E-state index in [9.17, 15) is 0 Å². The first-order valence-electron chi connectivity index (χ1n) is 9.71. The molecule has 0 saturated carbocycles.